The minimum absolute atomic E-state index is 0.109. The van der Waals surface area contributed by atoms with Crippen LogP contribution in [0.15, 0.2) is 35.1 Å². The van der Waals surface area contributed by atoms with Gasteiger partial charge in [-0.05, 0) is 19.4 Å². The van der Waals surface area contributed by atoms with Crippen LogP contribution in [0, 0.1) is 6.92 Å². The monoisotopic (exact) mass is 351 g/mol. The number of benzene rings is 1. The number of rotatable bonds is 4. The molecule has 1 N–H and O–H groups in total. The first-order chi connectivity index (χ1) is 11.8. The lowest BCUT2D eigenvalue weighted by atomic mass is 10.0. The molecule has 3 rings (SSSR count). The Morgan fingerprint density at radius 3 is 2.68 bits per heavy atom. The molecule has 0 spiro atoms. The first-order valence-electron chi connectivity index (χ1n) is 7.61. The van der Waals surface area contributed by atoms with Gasteiger partial charge in [-0.25, -0.2) is 9.50 Å². The lowest BCUT2D eigenvalue weighted by Crippen LogP contribution is -2.17. The Hall–Kier alpha value is -2.77. The molecule has 0 saturated carbocycles. The highest BCUT2D eigenvalue weighted by Gasteiger charge is 2.27. The van der Waals surface area contributed by atoms with Crippen molar-refractivity contribution in [3.05, 3.63) is 52.1 Å². The predicted molar refractivity (Wildman–Crippen MR) is 86.9 cm³/mol. The molecule has 25 heavy (non-hydrogen) atoms. The molecular weight excluding hydrogens is 335 g/mol. The van der Waals surface area contributed by atoms with E-state index in [9.17, 15) is 18.0 Å². The summed E-state index contributed by atoms with van der Waals surface area (Å²) in [5.41, 5.74) is 1.95. The van der Waals surface area contributed by atoms with Gasteiger partial charge in [-0.1, -0.05) is 18.2 Å². The third-order valence-electron chi connectivity index (χ3n) is 3.89. The number of H-pyrrole nitrogens is 1. The van der Waals surface area contributed by atoms with Gasteiger partial charge in [0, 0.05) is 29.4 Å². The van der Waals surface area contributed by atoms with Crippen molar-refractivity contribution in [2.75, 3.05) is 7.11 Å². The van der Waals surface area contributed by atoms with Crippen LogP contribution in [0.3, 0.4) is 0 Å². The van der Waals surface area contributed by atoms with Gasteiger partial charge >= 0.3 is 6.18 Å². The fourth-order valence-corrected chi connectivity index (χ4v) is 2.77. The minimum atomic E-state index is -4.30. The highest BCUT2D eigenvalue weighted by atomic mass is 19.4. The molecule has 0 saturated heterocycles. The number of aryl methyl sites for hydroxylation is 2. The van der Waals surface area contributed by atoms with E-state index in [2.05, 4.69) is 10.1 Å². The van der Waals surface area contributed by atoms with Crippen molar-refractivity contribution in [3.8, 4) is 16.9 Å². The van der Waals surface area contributed by atoms with Gasteiger partial charge in [0.25, 0.3) is 5.56 Å². The number of methoxy groups -OCH3 is 1. The molecule has 8 heteroatoms. The summed E-state index contributed by atoms with van der Waals surface area (Å²) in [7, 11) is 1.53. The second kappa shape index (κ2) is 6.27. The molecule has 0 aliphatic rings. The normalized spacial score (nSPS) is 11.9. The molecule has 5 nitrogen and oxygen atoms in total. The zero-order valence-corrected chi connectivity index (χ0v) is 13.6. The molecule has 0 aliphatic carbocycles. The van der Waals surface area contributed by atoms with Crippen molar-refractivity contribution in [2.45, 2.75) is 25.9 Å². The van der Waals surface area contributed by atoms with Gasteiger partial charge in [0.05, 0.1) is 12.7 Å². The average Bonchev–Trinajstić information content (AvgIpc) is 2.89. The second-order valence-corrected chi connectivity index (χ2v) is 5.67. The molecule has 1 aromatic carbocycles. The molecule has 0 radical (unpaired) electrons. The van der Waals surface area contributed by atoms with E-state index in [1.807, 2.05) is 12.1 Å². The van der Waals surface area contributed by atoms with E-state index in [1.165, 1.54) is 11.6 Å². The maximum Gasteiger partial charge on any atom is 0.389 e. The third kappa shape index (κ3) is 3.38. The number of nitrogens with one attached hydrogen (secondary N) is 1. The Labute approximate surface area is 141 Å². The van der Waals surface area contributed by atoms with Crippen LogP contribution in [0.2, 0.25) is 0 Å². The van der Waals surface area contributed by atoms with Gasteiger partial charge in [-0.2, -0.15) is 13.2 Å². The van der Waals surface area contributed by atoms with Crippen molar-refractivity contribution in [1.29, 1.82) is 0 Å². The first-order valence-corrected chi connectivity index (χ1v) is 7.61. The molecule has 3 aromatic rings. The molecule has 2 heterocycles. The number of nitrogens with zero attached hydrogens (tertiary/aromatic N) is 2. The molecule has 0 unspecified atom stereocenters. The van der Waals surface area contributed by atoms with E-state index in [0.29, 0.717) is 22.6 Å². The highest BCUT2D eigenvalue weighted by molar-refractivity contribution is 5.83. The van der Waals surface area contributed by atoms with Crippen LogP contribution < -0.4 is 10.3 Å². The van der Waals surface area contributed by atoms with E-state index >= 15 is 0 Å². The quantitative estimate of drug-likeness (QED) is 0.783. The minimum Gasteiger partial charge on any atom is -0.496 e. The van der Waals surface area contributed by atoms with Gasteiger partial charge in [-0.3, -0.25) is 9.89 Å². The molecule has 0 amide bonds. The number of fused-ring (bicyclic) bond motifs is 1. The number of alkyl halides is 3. The smallest absolute Gasteiger partial charge is 0.389 e. The van der Waals surface area contributed by atoms with Gasteiger partial charge in [-0.15, -0.1) is 0 Å². The topological polar surface area (TPSA) is 59.4 Å². The Morgan fingerprint density at radius 1 is 1.28 bits per heavy atom. The van der Waals surface area contributed by atoms with Crippen LogP contribution in [0.1, 0.15) is 17.8 Å². The molecule has 132 valence electrons. The zero-order chi connectivity index (χ0) is 18.2. The van der Waals surface area contributed by atoms with Crippen molar-refractivity contribution in [3.63, 3.8) is 0 Å². The van der Waals surface area contributed by atoms with Gasteiger partial charge in [0.1, 0.15) is 5.75 Å². The first kappa shape index (κ1) is 17.1. The summed E-state index contributed by atoms with van der Waals surface area (Å²) in [6.07, 6.45) is -5.67. The number of hydrogen-bond donors (Lipinski definition) is 1. The van der Waals surface area contributed by atoms with Crippen molar-refractivity contribution in [2.24, 2.45) is 0 Å². The summed E-state index contributed by atoms with van der Waals surface area (Å²) in [4.78, 5) is 16.5. The predicted octanol–water partition coefficient (Wildman–Crippen LogP) is 3.50. The SMILES string of the molecule is COc1ccccc1-c1c(C)[nH]n2c(=O)cc(CCC(F)(F)F)nc12. The van der Waals surface area contributed by atoms with Crippen molar-refractivity contribution in [1.82, 2.24) is 14.6 Å². The Morgan fingerprint density at radius 2 is 2.00 bits per heavy atom. The van der Waals surface area contributed by atoms with Crippen LogP contribution in [0.4, 0.5) is 13.2 Å². The van der Waals surface area contributed by atoms with E-state index in [1.54, 1.807) is 19.1 Å². The summed E-state index contributed by atoms with van der Waals surface area (Å²) in [6, 6.07) is 8.32. The summed E-state index contributed by atoms with van der Waals surface area (Å²) in [5.74, 6) is 0.585. The highest BCUT2D eigenvalue weighted by Crippen LogP contribution is 2.34. The van der Waals surface area contributed by atoms with E-state index < -0.39 is 18.2 Å². The summed E-state index contributed by atoms with van der Waals surface area (Å²) in [6.45, 7) is 1.77. The number of aromatic nitrogens is 3. The number of ether oxygens (including phenoxy) is 1. The molecular formula is C17H16F3N3O2. The van der Waals surface area contributed by atoms with Gasteiger partial charge in [0.15, 0.2) is 5.65 Å². The standard InChI is InChI=1S/C17H16F3N3O2/c1-10-15(12-5-3-4-6-13(12)25-2)16-21-11(7-8-17(18,19)20)9-14(24)23(16)22-10/h3-6,9,22H,7-8H2,1-2H3. The second-order valence-electron chi connectivity index (χ2n) is 5.67. The largest absolute Gasteiger partial charge is 0.496 e. The lowest BCUT2D eigenvalue weighted by Gasteiger charge is -2.08. The molecule has 0 fully saturated rings. The zero-order valence-electron chi connectivity index (χ0n) is 13.6. The van der Waals surface area contributed by atoms with Crippen LogP contribution in [0.5, 0.6) is 5.75 Å². The van der Waals surface area contributed by atoms with Gasteiger partial charge < -0.3 is 4.74 Å². The summed E-state index contributed by atoms with van der Waals surface area (Å²) in [5, 5.41) is 2.91. The van der Waals surface area contributed by atoms with Crippen LogP contribution in [-0.2, 0) is 6.42 Å². The van der Waals surface area contributed by atoms with Crippen molar-refractivity contribution < 1.29 is 17.9 Å². The fraction of sp³-hybridized carbons (Fsp3) is 0.294. The van der Waals surface area contributed by atoms with E-state index in [4.69, 9.17) is 4.74 Å². The molecule has 0 aliphatic heterocycles. The summed E-state index contributed by atoms with van der Waals surface area (Å²) < 4.78 is 44.0. The van der Waals surface area contributed by atoms with Crippen LogP contribution in [-0.4, -0.2) is 27.9 Å². The van der Waals surface area contributed by atoms with E-state index in [0.717, 1.165) is 6.07 Å². The van der Waals surface area contributed by atoms with E-state index in [-0.39, 0.29) is 17.8 Å². The lowest BCUT2D eigenvalue weighted by molar-refractivity contribution is -0.134. The van der Waals surface area contributed by atoms with Crippen molar-refractivity contribution >= 4 is 5.65 Å². The number of halogens is 3. The molecule has 0 atom stereocenters. The maximum absolute atomic E-state index is 12.5. The average molecular weight is 351 g/mol. The molecule has 2 aromatic heterocycles. The number of aromatic amines is 1. The van der Waals surface area contributed by atoms with Gasteiger partial charge in [0.2, 0.25) is 0 Å². The summed E-state index contributed by atoms with van der Waals surface area (Å²) >= 11 is 0. The Kier molecular flexibility index (Phi) is 4.28. The third-order valence-corrected chi connectivity index (χ3v) is 3.89. The van der Waals surface area contributed by atoms with Crippen LogP contribution >= 0.6 is 0 Å². The van der Waals surface area contributed by atoms with Crippen LogP contribution in [0.25, 0.3) is 16.8 Å². The fourth-order valence-electron chi connectivity index (χ4n) is 2.77. The number of para-hydroxylation sites is 1. The Balaban J connectivity index is 2.18. The molecule has 0 bridgehead atoms. The Bertz CT molecular complexity index is 973. The number of hydrogen-bond acceptors (Lipinski definition) is 3. The maximum atomic E-state index is 12.5.